The zero-order valence-corrected chi connectivity index (χ0v) is 12.3. The Balaban J connectivity index is 2.09. The van der Waals surface area contributed by atoms with Crippen molar-refractivity contribution in [3.05, 3.63) is 29.6 Å². The van der Waals surface area contributed by atoms with Crippen molar-refractivity contribution in [2.75, 3.05) is 20.3 Å². The number of methoxy groups -OCH3 is 1. The maximum atomic E-state index is 13.8. The fraction of sp³-hybridized carbons (Fsp3) is 0.533. The fourth-order valence-electron chi connectivity index (χ4n) is 2.65. The van der Waals surface area contributed by atoms with Gasteiger partial charge in [-0.3, -0.25) is 9.69 Å². The van der Waals surface area contributed by atoms with Gasteiger partial charge in [0.2, 0.25) is 5.91 Å². The Bertz CT molecular complexity index is 510. The van der Waals surface area contributed by atoms with E-state index in [1.165, 1.54) is 6.07 Å². The Hall–Kier alpha value is -1.66. The molecule has 0 aromatic heterocycles. The van der Waals surface area contributed by atoms with Gasteiger partial charge in [0, 0.05) is 20.2 Å². The number of likely N-dealkylation sites (tertiary alicyclic amines) is 1. The molecule has 1 saturated heterocycles. The molecule has 116 valence electrons. The number of halogens is 1. The minimum absolute atomic E-state index is 0.0185. The summed E-state index contributed by atoms with van der Waals surface area (Å²) in [6.45, 7) is 3.29. The van der Waals surface area contributed by atoms with Crippen LogP contribution in [0.1, 0.15) is 18.9 Å². The van der Waals surface area contributed by atoms with Gasteiger partial charge in [0.25, 0.3) is 0 Å². The van der Waals surface area contributed by atoms with E-state index in [1.54, 1.807) is 26.2 Å². The maximum absolute atomic E-state index is 13.8. The molecule has 2 atom stereocenters. The Morgan fingerprint density at radius 1 is 1.52 bits per heavy atom. The number of nitrogens with zero attached hydrogens (tertiary/aromatic N) is 1. The van der Waals surface area contributed by atoms with E-state index in [1.807, 2.05) is 4.90 Å². The first-order valence-electron chi connectivity index (χ1n) is 7.02. The van der Waals surface area contributed by atoms with Crippen molar-refractivity contribution in [1.82, 2.24) is 4.90 Å². The smallest absolute Gasteiger partial charge is 0.234 e. The van der Waals surface area contributed by atoms with Crippen molar-refractivity contribution in [1.29, 1.82) is 0 Å². The van der Waals surface area contributed by atoms with Gasteiger partial charge in [0.05, 0.1) is 18.8 Å². The minimum Gasteiger partial charge on any atom is -0.491 e. The van der Waals surface area contributed by atoms with E-state index in [4.69, 9.17) is 15.2 Å². The van der Waals surface area contributed by atoms with Crippen molar-refractivity contribution in [2.45, 2.75) is 32.0 Å². The van der Waals surface area contributed by atoms with Gasteiger partial charge >= 0.3 is 0 Å². The number of carbonyl (C=O) groups is 1. The highest BCUT2D eigenvalue weighted by atomic mass is 19.1. The van der Waals surface area contributed by atoms with Gasteiger partial charge in [0.15, 0.2) is 11.6 Å². The average molecular weight is 296 g/mol. The molecule has 1 aromatic carbocycles. The molecule has 1 aromatic rings. The number of amides is 1. The number of ether oxygens (including phenoxy) is 2. The second kappa shape index (κ2) is 6.87. The number of hydrogen-bond donors (Lipinski definition) is 1. The van der Waals surface area contributed by atoms with Crippen molar-refractivity contribution in [3.63, 3.8) is 0 Å². The molecule has 0 spiro atoms. The van der Waals surface area contributed by atoms with Crippen molar-refractivity contribution >= 4 is 5.91 Å². The largest absolute Gasteiger partial charge is 0.491 e. The van der Waals surface area contributed by atoms with E-state index in [0.717, 1.165) is 5.56 Å². The molecule has 5 nitrogen and oxygen atoms in total. The lowest BCUT2D eigenvalue weighted by atomic mass is 10.1. The van der Waals surface area contributed by atoms with Gasteiger partial charge in [-0.15, -0.1) is 0 Å². The highest BCUT2D eigenvalue weighted by molar-refractivity contribution is 5.80. The molecule has 0 aliphatic carbocycles. The Morgan fingerprint density at radius 2 is 2.29 bits per heavy atom. The van der Waals surface area contributed by atoms with E-state index < -0.39 is 5.82 Å². The van der Waals surface area contributed by atoms with Crippen LogP contribution in [-0.2, 0) is 16.1 Å². The molecular weight excluding hydrogens is 275 g/mol. The zero-order chi connectivity index (χ0) is 15.4. The van der Waals surface area contributed by atoms with Crippen LogP contribution in [0.5, 0.6) is 5.75 Å². The molecule has 2 N–H and O–H groups in total. The first kappa shape index (κ1) is 15.7. The van der Waals surface area contributed by atoms with Crippen LogP contribution in [0.15, 0.2) is 18.2 Å². The van der Waals surface area contributed by atoms with E-state index in [9.17, 15) is 9.18 Å². The monoisotopic (exact) mass is 296 g/mol. The van der Waals surface area contributed by atoms with Gasteiger partial charge in [-0.05, 0) is 31.0 Å². The van der Waals surface area contributed by atoms with Crippen molar-refractivity contribution in [3.8, 4) is 5.75 Å². The molecular formula is C15H21FN2O3. The standard InChI is InChI=1S/C15H21FN2O3/c1-3-21-14-5-4-10(6-12(14)16)8-18-9-11(20-2)7-13(18)15(17)19/h4-6,11,13H,3,7-9H2,1-2H3,(H2,17,19)/t11-,13-/m0/s1. The van der Waals surface area contributed by atoms with Crippen LogP contribution >= 0.6 is 0 Å². The topological polar surface area (TPSA) is 64.8 Å². The lowest BCUT2D eigenvalue weighted by Crippen LogP contribution is -2.39. The SMILES string of the molecule is CCOc1ccc(CN2C[C@@H](OC)C[C@H]2C(N)=O)cc1F. The number of benzene rings is 1. The molecule has 0 saturated carbocycles. The van der Waals surface area contributed by atoms with E-state index in [-0.39, 0.29) is 23.8 Å². The molecule has 1 fully saturated rings. The molecule has 6 heteroatoms. The predicted molar refractivity (Wildman–Crippen MR) is 76.4 cm³/mol. The summed E-state index contributed by atoms with van der Waals surface area (Å²) in [7, 11) is 1.61. The summed E-state index contributed by atoms with van der Waals surface area (Å²) in [5.74, 6) is -0.530. The number of nitrogens with two attached hydrogens (primary N) is 1. The molecule has 21 heavy (non-hydrogen) atoms. The summed E-state index contributed by atoms with van der Waals surface area (Å²) in [5.41, 5.74) is 6.20. The second-order valence-corrected chi connectivity index (χ2v) is 5.14. The summed E-state index contributed by atoms with van der Waals surface area (Å²) in [6, 6.07) is 4.47. The van der Waals surface area contributed by atoms with Gasteiger partial charge in [-0.25, -0.2) is 4.39 Å². The molecule has 0 unspecified atom stereocenters. The quantitative estimate of drug-likeness (QED) is 0.859. The minimum atomic E-state index is -0.396. The Labute approximate surface area is 123 Å². The molecule has 1 aliphatic rings. The molecule has 2 rings (SSSR count). The zero-order valence-electron chi connectivity index (χ0n) is 12.3. The first-order valence-corrected chi connectivity index (χ1v) is 7.02. The summed E-state index contributed by atoms with van der Waals surface area (Å²) in [5, 5.41) is 0. The summed E-state index contributed by atoms with van der Waals surface area (Å²) in [4.78, 5) is 13.4. The molecule has 1 heterocycles. The third kappa shape index (κ3) is 3.71. The van der Waals surface area contributed by atoms with Gasteiger partial charge < -0.3 is 15.2 Å². The second-order valence-electron chi connectivity index (χ2n) is 5.14. The van der Waals surface area contributed by atoms with Crippen LogP contribution < -0.4 is 10.5 Å². The molecule has 0 radical (unpaired) electrons. The molecule has 1 amide bonds. The van der Waals surface area contributed by atoms with Crippen LogP contribution in [0.25, 0.3) is 0 Å². The average Bonchev–Trinajstić information content (AvgIpc) is 2.85. The molecule has 0 bridgehead atoms. The maximum Gasteiger partial charge on any atom is 0.234 e. The third-order valence-electron chi connectivity index (χ3n) is 3.71. The summed E-state index contributed by atoms with van der Waals surface area (Å²) >= 11 is 0. The van der Waals surface area contributed by atoms with Crippen molar-refractivity contribution in [2.24, 2.45) is 5.73 Å². The number of primary amides is 1. The summed E-state index contributed by atoms with van der Waals surface area (Å²) in [6.07, 6.45) is 0.556. The highest BCUT2D eigenvalue weighted by Crippen LogP contribution is 2.24. The van der Waals surface area contributed by atoms with E-state index >= 15 is 0 Å². The molecule has 1 aliphatic heterocycles. The lowest BCUT2D eigenvalue weighted by molar-refractivity contribution is -0.122. The normalized spacial score (nSPS) is 22.4. The van der Waals surface area contributed by atoms with Crippen LogP contribution in [0, 0.1) is 5.82 Å². The Kier molecular flexibility index (Phi) is 5.14. The van der Waals surface area contributed by atoms with Crippen LogP contribution in [-0.4, -0.2) is 43.2 Å². The van der Waals surface area contributed by atoms with Gasteiger partial charge in [-0.2, -0.15) is 0 Å². The lowest BCUT2D eigenvalue weighted by Gasteiger charge is -2.21. The summed E-state index contributed by atoms with van der Waals surface area (Å²) < 4.78 is 24.3. The van der Waals surface area contributed by atoms with Crippen molar-refractivity contribution < 1.29 is 18.7 Å². The van der Waals surface area contributed by atoms with Gasteiger partial charge in [0.1, 0.15) is 0 Å². The number of carbonyl (C=O) groups excluding carboxylic acids is 1. The van der Waals surface area contributed by atoms with Crippen LogP contribution in [0.4, 0.5) is 4.39 Å². The number of rotatable bonds is 6. The van der Waals surface area contributed by atoms with Crippen LogP contribution in [0.3, 0.4) is 0 Å². The van der Waals surface area contributed by atoms with E-state index in [0.29, 0.717) is 26.1 Å². The van der Waals surface area contributed by atoms with E-state index in [2.05, 4.69) is 0 Å². The number of hydrogen-bond acceptors (Lipinski definition) is 4. The fourth-order valence-corrected chi connectivity index (χ4v) is 2.65. The third-order valence-corrected chi connectivity index (χ3v) is 3.71. The van der Waals surface area contributed by atoms with Gasteiger partial charge in [-0.1, -0.05) is 6.07 Å². The predicted octanol–water partition coefficient (Wildman–Crippen LogP) is 1.30. The highest BCUT2D eigenvalue weighted by Gasteiger charge is 2.35. The first-order chi connectivity index (χ1) is 10.0. The van der Waals surface area contributed by atoms with Crippen LogP contribution in [0.2, 0.25) is 0 Å². The Morgan fingerprint density at radius 3 is 2.86 bits per heavy atom.